The summed E-state index contributed by atoms with van der Waals surface area (Å²) in [6.07, 6.45) is 4.03. The van der Waals surface area contributed by atoms with Crippen molar-refractivity contribution in [2.24, 2.45) is 5.14 Å². The molecule has 2 aromatic carbocycles. The van der Waals surface area contributed by atoms with Crippen molar-refractivity contribution in [3.8, 4) is 11.5 Å². The van der Waals surface area contributed by atoms with E-state index in [1.807, 2.05) is 14.1 Å². The molecule has 0 aromatic heterocycles. The number of hydrogen-bond donors (Lipinski definition) is 2. The van der Waals surface area contributed by atoms with E-state index in [4.69, 9.17) is 9.88 Å². The maximum atomic E-state index is 13.7. The first-order valence-corrected chi connectivity index (χ1v) is 11.3. The first-order chi connectivity index (χ1) is 14.8. The minimum atomic E-state index is -1.03. The Hall–Kier alpha value is -2.29. The summed E-state index contributed by atoms with van der Waals surface area (Å²) < 4.78 is 19.8. The van der Waals surface area contributed by atoms with Crippen LogP contribution in [0.4, 0.5) is 10.1 Å². The van der Waals surface area contributed by atoms with Crippen LogP contribution < -0.4 is 14.8 Å². The Morgan fingerprint density at radius 3 is 2.48 bits per heavy atom. The SMILES string of the molecule is CCCCCN(CCCN(C)C)c1cc(C(=O)O)cc(SN)c1Oc1cccc(F)c1. The summed E-state index contributed by atoms with van der Waals surface area (Å²) in [5.74, 6) is -0.657. The highest BCUT2D eigenvalue weighted by molar-refractivity contribution is 7.97. The first-order valence-electron chi connectivity index (χ1n) is 10.5. The minimum absolute atomic E-state index is 0.141. The molecule has 0 saturated heterocycles. The average Bonchev–Trinajstić information content (AvgIpc) is 2.72. The molecule has 0 aliphatic heterocycles. The quantitative estimate of drug-likeness (QED) is 0.320. The zero-order chi connectivity index (χ0) is 22.8. The van der Waals surface area contributed by atoms with Gasteiger partial charge in [-0.15, -0.1) is 0 Å². The Kier molecular flexibility index (Phi) is 10.1. The van der Waals surface area contributed by atoms with Crippen molar-refractivity contribution in [2.75, 3.05) is 38.6 Å². The van der Waals surface area contributed by atoms with Crippen molar-refractivity contribution in [2.45, 2.75) is 37.5 Å². The van der Waals surface area contributed by atoms with Gasteiger partial charge in [0, 0.05) is 19.2 Å². The van der Waals surface area contributed by atoms with Crippen molar-refractivity contribution in [3.05, 3.63) is 47.8 Å². The second-order valence-corrected chi connectivity index (χ2v) is 8.33. The molecule has 8 heteroatoms. The number of hydrogen-bond acceptors (Lipinski definition) is 6. The molecule has 0 amide bonds. The predicted molar refractivity (Wildman–Crippen MR) is 125 cm³/mol. The fraction of sp³-hybridized carbons (Fsp3) is 0.435. The molecule has 2 aromatic rings. The molecule has 0 bridgehead atoms. The summed E-state index contributed by atoms with van der Waals surface area (Å²) in [5, 5.41) is 15.5. The molecule has 0 heterocycles. The van der Waals surface area contributed by atoms with E-state index in [1.54, 1.807) is 18.2 Å². The molecule has 0 atom stereocenters. The molecule has 0 saturated carbocycles. The molecule has 0 radical (unpaired) electrons. The molecule has 6 nitrogen and oxygen atoms in total. The number of halogens is 1. The zero-order valence-corrected chi connectivity index (χ0v) is 19.3. The number of nitrogens with two attached hydrogens (primary N) is 1. The number of ether oxygens (including phenoxy) is 1. The van der Waals surface area contributed by atoms with E-state index < -0.39 is 11.8 Å². The van der Waals surface area contributed by atoms with Crippen LogP contribution in [0.2, 0.25) is 0 Å². The highest BCUT2D eigenvalue weighted by atomic mass is 32.2. The summed E-state index contributed by atoms with van der Waals surface area (Å²) in [4.78, 5) is 16.5. The van der Waals surface area contributed by atoms with Gasteiger partial charge in [0.15, 0.2) is 5.75 Å². The highest BCUT2D eigenvalue weighted by Crippen LogP contribution is 2.41. The number of aromatic carboxylic acids is 1. The molecule has 0 aliphatic rings. The fourth-order valence-electron chi connectivity index (χ4n) is 3.27. The molecule has 0 fully saturated rings. The summed E-state index contributed by atoms with van der Waals surface area (Å²) in [6.45, 7) is 4.54. The van der Waals surface area contributed by atoms with E-state index >= 15 is 0 Å². The lowest BCUT2D eigenvalue weighted by atomic mass is 10.1. The summed E-state index contributed by atoms with van der Waals surface area (Å²) >= 11 is 0.922. The van der Waals surface area contributed by atoms with E-state index in [0.717, 1.165) is 57.3 Å². The van der Waals surface area contributed by atoms with Crippen LogP contribution in [0.5, 0.6) is 11.5 Å². The Labute approximate surface area is 188 Å². The largest absolute Gasteiger partial charge is 0.478 e. The van der Waals surface area contributed by atoms with E-state index in [1.165, 1.54) is 18.2 Å². The average molecular weight is 450 g/mol. The molecule has 0 spiro atoms. The van der Waals surface area contributed by atoms with Gasteiger partial charge in [0.2, 0.25) is 0 Å². The van der Waals surface area contributed by atoms with Crippen LogP contribution in [0.25, 0.3) is 0 Å². The Morgan fingerprint density at radius 1 is 1.13 bits per heavy atom. The Balaban J connectivity index is 2.50. The number of carbonyl (C=O) groups is 1. The number of carboxylic acid groups (broad SMARTS) is 1. The van der Waals surface area contributed by atoms with Crippen LogP contribution in [0.15, 0.2) is 41.3 Å². The van der Waals surface area contributed by atoms with Gasteiger partial charge in [-0.25, -0.2) is 9.18 Å². The maximum Gasteiger partial charge on any atom is 0.335 e. The number of unbranched alkanes of at least 4 members (excludes halogenated alkanes) is 2. The number of rotatable bonds is 13. The number of carboxylic acids is 1. The van der Waals surface area contributed by atoms with Gasteiger partial charge < -0.3 is 19.6 Å². The molecule has 3 N–H and O–H groups in total. The van der Waals surface area contributed by atoms with E-state index in [0.29, 0.717) is 22.1 Å². The van der Waals surface area contributed by atoms with Crippen LogP contribution in [0.3, 0.4) is 0 Å². The number of nitrogens with zero attached hydrogens (tertiary/aromatic N) is 2. The zero-order valence-electron chi connectivity index (χ0n) is 18.4. The molecule has 31 heavy (non-hydrogen) atoms. The van der Waals surface area contributed by atoms with E-state index in [2.05, 4.69) is 16.7 Å². The third-order valence-corrected chi connectivity index (χ3v) is 5.39. The lowest BCUT2D eigenvalue weighted by Gasteiger charge is -2.29. The van der Waals surface area contributed by atoms with Crippen molar-refractivity contribution < 1.29 is 19.0 Å². The Bertz CT molecular complexity index is 864. The van der Waals surface area contributed by atoms with Gasteiger partial charge >= 0.3 is 5.97 Å². The second kappa shape index (κ2) is 12.5. The van der Waals surface area contributed by atoms with Crippen molar-refractivity contribution in [3.63, 3.8) is 0 Å². The normalized spacial score (nSPS) is 11.0. The Morgan fingerprint density at radius 2 is 1.87 bits per heavy atom. The summed E-state index contributed by atoms with van der Waals surface area (Å²) in [7, 11) is 4.04. The lowest BCUT2D eigenvalue weighted by Crippen LogP contribution is -2.29. The van der Waals surface area contributed by atoms with Gasteiger partial charge in [-0.2, -0.15) is 0 Å². The van der Waals surface area contributed by atoms with Crippen molar-refractivity contribution >= 4 is 23.6 Å². The lowest BCUT2D eigenvalue weighted by molar-refractivity contribution is 0.0696. The molecular formula is C23H32FN3O3S. The van der Waals surface area contributed by atoms with Crippen molar-refractivity contribution in [1.29, 1.82) is 0 Å². The van der Waals surface area contributed by atoms with Gasteiger partial charge in [0.1, 0.15) is 11.6 Å². The molecule has 0 unspecified atom stereocenters. The van der Waals surface area contributed by atoms with Crippen LogP contribution in [-0.2, 0) is 0 Å². The van der Waals surface area contributed by atoms with Gasteiger partial charge in [-0.05, 0) is 69.7 Å². The second-order valence-electron chi connectivity index (χ2n) is 7.66. The first kappa shape index (κ1) is 25.0. The molecular weight excluding hydrogens is 417 g/mol. The van der Waals surface area contributed by atoms with E-state index in [-0.39, 0.29) is 5.56 Å². The molecule has 170 valence electrons. The monoisotopic (exact) mass is 449 g/mol. The molecule has 0 aliphatic carbocycles. The standard InChI is InChI=1S/C23H32FN3O3S/c1-4-5-6-12-27(13-8-11-26(2)3)20-14-17(23(28)29)15-21(31-25)22(20)30-19-10-7-9-18(24)16-19/h7,9-10,14-16H,4-6,8,11-13,25H2,1-3H3,(H,28,29). The molecule has 2 rings (SSSR count). The van der Waals surface area contributed by atoms with E-state index in [9.17, 15) is 14.3 Å². The number of benzene rings is 2. The maximum absolute atomic E-state index is 13.7. The minimum Gasteiger partial charge on any atom is -0.478 e. The smallest absolute Gasteiger partial charge is 0.335 e. The van der Waals surface area contributed by atoms with Crippen LogP contribution in [0.1, 0.15) is 43.0 Å². The highest BCUT2D eigenvalue weighted by Gasteiger charge is 2.21. The van der Waals surface area contributed by atoms with Crippen LogP contribution in [0, 0.1) is 5.82 Å². The van der Waals surface area contributed by atoms with Crippen LogP contribution >= 0.6 is 11.9 Å². The third-order valence-electron chi connectivity index (χ3n) is 4.83. The number of anilines is 1. The predicted octanol–water partition coefficient (Wildman–Crippen LogP) is 5.23. The fourth-order valence-corrected chi connectivity index (χ4v) is 3.72. The van der Waals surface area contributed by atoms with Gasteiger partial charge in [0.25, 0.3) is 0 Å². The van der Waals surface area contributed by atoms with Crippen LogP contribution in [-0.4, -0.2) is 49.7 Å². The van der Waals surface area contributed by atoms with Gasteiger partial charge in [-0.3, -0.25) is 5.14 Å². The summed E-state index contributed by atoms with van der Waals surface area (Å²) in [5.41, 5.74) is 0.801. The van der Waals surface area contributed by atoms with Crippen molar-refractivity contribution in [1.82, 2.24) is 4.90 Å². The summed E-state index contributed by atoms with van der Waals surface area (Å²) in [6, 6.07) is 9.00. The topological polar surface area (TPSA) is 79.0 Å². The van der Waals surface area contributed by atoms with Gasteiger partial charge in [0.05, 0.1) is 16.1 Å². The third kappa shape index (κ3) is 7.72. The van der Waals surface area contributed by atoms with Gasteiger partial charge in [-0.1, -0.05) is 25.8 Å².